The van der Waals surface area contributed by atoms with Crippen molar-refractivity contribution in [2.45, 2.75) is 130 Å². The summed E-state index contributed by atoms with van der Waals surface area (Å²) in [6, 6.07) is 6.68. The average Bonchev–Trinajstić information content (AvgIpc) is 3.65. The smallest absolute Gasteiger partial charge is 0.245 e. The molecule has 1 fully saturated rings. The number of rotatable bonds is 23. The lowest BCUT2D eigenvalue weighted by Gasteiger charge is -2.41. The second-order valence-corrected chi connectivity index (χ2v) is 16.2. The maximum absolute atomic E-state index is 14.4. The van der Waals surface area contributed by atoms with Crippen LogP contribution >= 0.6 is 0 Å². The highest BCUT2D eigenvalue weighted by Gasteiger charge is 2.43. The topological polar surface area (TPSA) is 153 Å². The zero-order chi connectivity index (χ0) is 41.6. The number of ether oxygens (including phenoxy) is 2. The number of likely N-dealkylation sites (N-methyl/N-ethyl adjacent to an activating group) is 3. The number of aliphatic hydroxyl groups excluding tert-OH is 1. The highest BCUT2D eigenvalue weighted by molar-refractivity contribution is 5.90. The average molecular weight is 775 g/mol. The second kappa shape index (κ2) is 23.2. The summed E-state index contributed by atoms with van der Waals surface area (Å²) in [5.74, 6) is -1.61. The lowest BCUT2D eigenvalue weighted by molar-refractivity contribution is -0.148. The molecule has 1 aromatic rings. The van der Waals surface area contributed by atoms with Crippen LogP contribution in [0.4, 0.5) is 0 Å². The van der Waals surface area contributed by atoms with Crippen LogP contribution < -0.4 is 16.0 Å². The molecule has 0 aliphatic carbocycles. The summed E-state index contributed by atoms with van der Waals surface area (Å²) in [6.45, 7) is 17.4. The molecule has 13 nitrogen and oxygen atoms in total. The van der Waals surface area contributed by atoms with Crippen LogP contribution in [0.25, 0.3) is 0 Å². The molecule has 1 saturated heterocycles. The normalized spacial score (nSPS) is 19.7. The molecule has 55 heavy (non-hydrogen) atoms. The van der Waals surface area contributed by atoms with Crippen LogP contribution in [0.15, 0.2) is 30.3 Å². The Morgan fingerprint density at radius 3 is 2.09 bits per heavy atom. The van der Waals surface area contributed by atoms with Crippen molar-refractivity contribution >= 4 is 23.6 Å². The van der Waals surface area contributed by atoms with Gasteiger partial charge in [-0.2, -0.15) is 0 Å². The monoisotopic (exact) mass is 775 g/mol. The van der Waals surface area contributed by atoms with Crippen molar-refractivity contribution in [3.8, 4) is 0 Å². The largest absolute Gasteiger partial charge is 0.386 e. The first kappa shape index (κ1) is 48.0. The maximum atomic E-state index is 14.4. The third kappa shape index (κ3) is 13.0. The molecule has 4 N–H and O–H groups in total. The van der Waals surface area contributed by atoms with Gasteiger partial charge >= 0.3 is 0 Å². The molecule has 4 amide bonds. The zero-order valence-electron chi connectivity index (χ0n) is 36.0. The fraction of sp³-hybridized carbons (Fsp3) is 0.762. The van der Waals surface area contributed by atoms with Gasteiger partial charge in [-0.05, 0) is 57.2 Å². The van der Waals surface area contributed by atoms with Crippen molar-refractivity contribution in [1.82, 2.24) is 30.7 Å². The summed E-state index contributed by atoms with van der Waals surface area (Å²) in [6.07, 6.45) is 0.118. The maximum Gasteiger partial charge on any atom is 0.245 e. The molecule has 0 radical (unpaired) electrons. The van der Waals surface area contributed by atoms with E-state index >= 15 is 0 Å². The number of nitrogens with zero attached hydrogens (tertiary/aromatic N) is 3. The van der Waals surface area contributed by atoms with E-state index in [-0.39, 0.29) is 53.8 Å². The van der Waals surface area contributed by atoms with E-state index in [0.717, 1.165) is 19.4 Å². The van der Waals surface area contributed by atoms with Crippen molar-refractivity contribution in [2.24, 2.45) is 23.7 Å². The first-order valence-electron chi connectivity index (χ1n) is 20.3. The fourth-order valence-electron chi connectivity index (χ4n) is 8.09. The Hall–Kier alpha value is -3.10. The quantitative estimate of drug-likeness (QED) is 0.131. The van der Waals surface area contributed by atoms with Crippen molar-refractivity contribution in [2.75, 3.05) is 55.0 Å². The van der Waals surface area contributed by atoms with Crippen LogP contribution in [0, 0.1) is 23.7 Å². The van der Waals surface area contributed by atoms with Gasteiger partial charge in [-0.25, -0.2) is 0 Å². The number of carbonyl (C=O) groups is 4. The van der Waals surface area contributed by atoms with E-state index in [1.807, 2.05) is 83.9 Å². The molecule has 0 bridgehead atoms. The molecule has 0 saturated carbocycles. The van der Waals surface area contributed by atoms with Crippen molar-refractivity contribution in [1.29, 1.82) is 0 Å². The Morgan fingerprint density at radius 2 is 1.56 bits per heavy atom. The van der Waals surface area contributed by atoms with Crippen molar-refractivity contribution in [3.63, 3.8) is 0 Å². The molecule has 1 aromatic carbocycles. The first-order chi connectivity index (χ1) is 26.0. The molecule has 1 aliphatic rings. The summed E-state index contributed by atoms with van der Waals surface area (Å²) in [4.78, 5) is 61.3. The van der Waals surface area contributed by atoms with Gasteiger partial charge in [-0.1, -0.05) is 85.2 Å². The van der Waals surface area contributed by atoms with E-state index in [9.17, 15) is 24.3 Å². The number of likely N-dealkylation sites (tertiary alicyclic amines) is 1. The van der Waals surface area contributed by atoms with Gasteiger partial charge in [0.1, 0.15) is 6.04 Å². The predicted octanol–water partition coefficient (Wildman–Crippen LogP) is 3.46. The summed E-state index contributed by atoms with van der Waals surface area (Å²) in [7, 11) is 8.67. The fourth-order valence-corrected chi connectivity index (χ4v) is 8.09. The highest BCUT2D eigenvalue weighted by atomic mass is 16.5. The molecule has 314 valence electrons. The van der Waals surface area contributed by atoms with Crippen LogP contribution in [0.2, 0.25) is 0 Å². The van der Waals surface area contributed by atoms with Crippen LogP contribution in [0.1, 0.15) is 92.7 Å². The zero-order valence-corrected chi connectivity index (χ0v) is 36.0. The minimum atomic E-state index is -0.878. The summed E-state index contributed by atoms with van der Waals surface area (Å²) in [5.41, 5.74) is 0.711. The molecule has 1 heterocycles. The van der Waals surface area contributed by atoms with Crippen LogP contribution in [0.5, 0.6) is 0 Å². The third-order valence-corrected chi connectivity index (χ3v) is 11.6. The summed E-state index contributed by atoms with van der Waals surface area (Å²) in [5, 5.41) is 20.0. The number of hydrogen-bond donors (Lipinski definition) is 4. The first-order valence-corrected chi connectivity index (χ1v) is 20.3. The minimum absolute atomic E-state index is 0.0238. The van der Waals surface area contributed by atoms with E-state index in [2.05, 4.69) is 22.9 Å². The number of nitrogens with one attached hydrogen (secondary N) is 3. The molecular formula is C42H74N6O7. The molecule has 9 unspecified atom stereocenters. The van der Waals surface area contributed by atoms with Crippen LogP contribution in [-0.4, -0.2) is 141 Å². The molecule has 0 aromatic heterocycles. The Bertz CT molecular complexity index is 1330. The van der Waals surface area contributed by atoms with Crippen LogP contribution in [0.3, 0.4) is 0 Å². The van der Waals surface area contributed by atoms with E-state index in [1.165, 1.54) is 0 Å². The number of hydrogen-bond acceptors (Lipinski definition) is 9. The van der Waals surface area contributed by atoms with Gasteiger partial charge in [-0.3, -0.25) is 24.1 Å². The molecular weight excluding hydrogens is 700 g/mol. The second-order valence-electron chi connectivity index (χ2n) is 16.2. The number of aliphatic hydroxyl groups is 1. The SMILES string of the molecule is CCC(C)C(C(CC(=O)N1CCC[C@H]1C(OC)C(C)C(=O)NC(C)C(O)c1ccccc1)OC)N(C)C(=O)C(NC(=O)C(C(C)C)N(C)CCNC)C(C)C. The van der Waals surface area contributed by atoms with E-state index in [4.69, 9.17) is 9.47 Å². The summed E-state index contributed by atoms with van der Waals surface area (Å²) < 4.78 is 12.0. The summed E-state index contributed by atoms with van der Waals surface area (Å²) >= 11 is 0. The molecule has 10 atom stereocenters. The van der Waals surface area contributed by atoms with E-state index in [0.29, 0.717) is 25.1 Å². The highest BCUT2D eigenvalue weighted by Crippen LogP contribution is 2.30. The number of carbonyl (C=O) groups excluding carboxylic acids is 4. The Balaban J connectivity index is 2.26. The van der Waals surface area contributed by atoms with Gasteiger partial charge in [0.25, 0.3) is 0 Å². The molecule has 2 rings (SSSR count). The minimum Gasteiger partial charge on any atom is -0.386 e. The lowest BCUT2D eigenvalue weighted by atomic mass is 9.89. The Kier molecular flexibility index (Phi) is 20.3. The van der Waals surface area contributed by atoms with Gasteiger partial charge in [-0.15, -0.1) is 0 Å². The van der Waals surface area contributed by atoms with Gasteiger partial charge in [0.2, 0.25) is 23.6 Å². The number of amides is 4. The molecule has 13 heteroatoms. The van der Waals surface area contributed by atoms with Gasteiger partial charge in [0.15, 0.2) is 0 Å². The van der Waals surface area contributed by atoms with E-state index in [1.54, 1.807) is 44.9 Å². The van der Waals surface area contributed by atoms with Gasteiger partial charge in [0.05, 0.1) is 54.8 Å². The Morgan fingerprint density at radius 1 is 0.927 bits per heavy atom. The van der Waals surface area contributed by atoms with Gasteiger partial charge < -0.3 is 40.3 Å². The third-order valence-electron chi connectivity index (χ3n) is 11.6. The van der Waals surface area contributed by atoms with Crippen molar-refractivity contribution < 1.29 is 33.8 Å². The number of benzene rings is 1. The molecule has 0 spiro atoms. The van der Waals surface area contributed by atoms with Crippen LogP contribution in [-0.2, 0) is 28.7 Å². The Labute approximate surface area is 331 Å². The van der Waals surface area contributed by atoms with E-state index < -0.39 is 48.4 Å². The lowest BCUT2D eigenvalue weighted by Crippen LogP contribution is -2.60. The molecule has 1 aliphatic heterocycles. The number of methoxy groups -OCH3 is 2. The van der Waals surface area contributed by atoms with Gasteiger partial charge in [0, 0.05) is 40.9 Å². The standard InChI is InChI=1S/C42H74N6O7/c1-14-28(6)37(47(11)42(53)35(26(2)3)45-41(52)36(27(4)5)46(10)24-22-43-9)33(54-12)25-34(49)48-23-18-21-32(48)39(55-13)29(7)40(51)44-30(8)38(50)31-19-16-15-17-20-31/h15-17,19-20,26-30,32-33,35-39,43,50H,14,18,21-25H2,1-13H3,(H,44,51)(H,45,52)/t28?,29?,30?,32-,33?,35?,36?,37?,38?,39?/m0/s1. The van der Waals surface area contributed by atoms with Crippen molar-refractivity contribution in [3.05, 3.63) is 35.9 Å². The predicted molar refractivity (Wildman–Crippen MR) is 217 cm³/mol.